The van der Waals surface area contributed by atoms with Gasteiger partial charge >= 0.3 is 0 Å². The Morgan fingerprint density at radius 3 is 2.35 bits per heavy atom. The lowest BCUT2D eigenvalue weighted by molar-refractivity contribution is -0.336. The molecule has 0 N–H and O–H groups in total. The van der Waals surface area contributed by atoms with Crippen LogP contribution in [0.3, 0.4) is 0 Å². The van der Waals surface area contributed by atoms with E-state index < -0.39 is 5.79 Å². The second kappa shape index (κ2) is 9.63. The van der Waals surface area contributed by atoms with E-state index in [2.05, 4.69) is 32.9 Å². The molecule has 4 heteroatoms. The van der Waals surface area contributed by atoms with Crippen molar-refractivity contribution in [3.8, 4) is 0 Å². The van der Waals surface area contributed by atoms with Crippen LogP contribution in [0.4, 0.5) is 0 Å². The van der Waals surface area contributed by atoms with E-state index >= 15 is 0 Å². The molecule has 0 unspecified atom stereocenters. The number of carbonyl (C=O) groups is 1. The third kappa shape index (κ3) is 5.90. The molecule has 0 amide bonds. The highest BCUT2D eigenvalue weighted by Crippen LogP contribution is 2.38. The first-order chi connectivity index (χ1) is 12.3. The molecule has 4 nitrogen and oxygen atoms in total. The molecule has 1 aliphatic rings. The molecular weight excluding hydrogens is 328 g/mol. The maximum atomic E-state index is 10.7. The lowest BCUT2D eigenvalue weighted by atomic mass is 9.81. The summed E-state index contributed by atoms with van der Waals surface area (Å²) in [7, 11) is 0. The van der Waals surface area contributed by atoms with Crippen LogP contribution in [0.2, 0.25) is 0 Å². The third-order valence-electron chi connectivity index (χ3n) is 5.23. The zero-order valence-corrected chi connectivity index (χ0v) is 16.8. The number of aldehydes is 1. The van der Waals surface area contributed by atoms with Crippen LogP contribution >= 0.6 is 0 Å². The summed E-state index contributed by atoms with van der Waals surface area (Å²) in [5.41, 5.74) is 1.18. The summed E-state index contributed by atoms with van der Waals surface area (Å²) in [4.78, 5) is 10.7. The standard InChI is InChI=1S/C22H34O4/c1-16(10-9-13-23)20-18(3)21(26-22(4,5)25-20)17(2)14-24-15-19-11-7-6-8-12-19/h6-8,11-13,16-18,20-21H,9-10,14-15H2,1-5H3/t16-,17-,18-,20-,21-/m0/s1. The van der Waals surface area contributed by atoms with Crippen LogP contribution in [0, 0.1) is 17.8 Å². The molecule has 1 saturated heterocycles. The van der Waals surface area contributed by atoms with E-state index in [9.17, 15) is 4.79 Å². The van der Waals surface area contributed by atoms with Crippen molar-refractivity contribution < 1.29 is 19.0 Å². The fourth-order valence-corrected chi connectivity index (χ4v) is 3.88. The molecule has 5 atom stereocenters. The molecule has 0 aromatic heterocycles. The fraction of sp³-hybridized carbons (Fsp3) is 0.682. The summed E-state index contributed by atoms with van der Waals surface area (Å²) in [6.07, 6.45) is 2.57. The lowest BCUT2D eigenvalue weighted by Gasteiger charge is -2.48. The van der Waals surface area contributed by atoms with Crippen molar-refractivity contribution in [1.29, 1.82) is 0 Å². The minimum absolute atomic E-state index is 0.0678. The van der Waals surface area contributed by atoms with Crippen molar-refractivity contribution in [2.24, 2.45) is 17.8 Å². The van der Waals surface area contributed by atoms with Crippen molar-refractivity contribution in [2.45, 2.75) is 72.1 Å². The number of carbonyl (C=O) groups excluding carboxylic acids is 1. The molecule has 26 heavy (non-hydrogen) atoms. The first kappa shape index (κ1) is 21.1. The maximum Gasteiger partial charge on any atom is 0.163 e. The van der Waals surface area contributed by atoms with Crippen molar-refractivity contribution >= 4 is 6.29 Å². The predicted octanol–water partition coefficient (Wildman–Crippen LogP) is 4.61. The van der Waals surface area contributed by atoms with Gasteiger partial charge in [-0.3, -0.25) is 0 Å². The quantitative estimate of drug-likeness (QED) is 0.602. The minimum Gasteiger partial charge on any atom is -0.376 e. The molecule has 1 fully saturated rings. The average Bonchev–Trinajstić information content (AvgIpc) is 2.62. The normalized spacial score (nSPS) is 27.7. The molecule has 0 spiro atoms. The maximum absolute atomic E-state index is 10.7. The van der Waals surface area contributed by atoms with Gasteiger partial charge in [0.25, 0.3) is 0 Å². The van der Waals surface area contributed by atoms with Crippen LogP contribution in [0.15, 0.2) is 30.3 Å². The molecular formula is C22H34O4. The average molecular weight is 363 g/mol. The predicted molar refractivity (Wildman–Crippen MR) is 103 cm³/mol. The topological polar surface area (TPSA) is 44.8 Å². The van der Waals surface area contributed by atoms with Gasteiger partial charge in [0.2, 0.25) is 0 Å². The van der Waals surface area contributed by atoms with E-state index in [0.29, 0.717) is 25.6 Å². The Morgan fingerprint density at radius 1 is 1.12 bits per heavy atom. The molecule has 0 radical (unpaired) electrons. The van der Waals surface area contributed by atoms with Gasteiger partial charge in [-0.15, -0.1) is 0 Å². The van der Waals surface area contributed by atoms with Gasteiger partial charge < -0.3 is 19.0 Å². The van der Waals surface area contributed by atoms with Crippen LogP contribution < -0.4 is 0 Å². The Bertz CT molecular complexity index is 542. The van der Waals surface area contributed by atoms with Crippen LogP contribution in [0.25, 0.3) is 0 Å². The molecule has 1 aromatic rings. The summed E-state index contributed by atoms with van der Waals surface area (Å²) in [6, 6.07) is 10.2. The molecule has 1 heterocycles. The van der Waals surface area contributed by atoms with Gasteiger partial charge in [-0.1, -0.05) is 51.1 Å². The van der Waals surface area contributed by atoms with Crippen molar-refractivity contribution in [2.75, 3.05) is 6.61 Å². The van der Waals surface area contributed by atoms with Crippen LogP contribution in [0.1, 0.15) is 53.0 Å². The van der Waals surface area contributed by atoms with Crippen molar-refractivity contribution in [3.63, 3.8) is 0 Å². The van der Waals surface area contributed by atoms with Gasteiger partial charge in [0, 0.05) is 18.3 Å². The van der Waals surface area contributed by atoms with E-state index in [1.165, 1.54) is 5.56 Å². The number of hydrogen-bond acceptors (Lipinski definition) is 4. The van der Waals surface area contributed by atoms with Crippen molar-refractivity contribution in [3.05, 3.63) is 35.9 Å². The Balaban J connectivity index is 1.95. The highest BCUT2D eigenvalue weighted by atomic mass is 16.7. The summed E-state index contributed by atoms with van der Waals surface area (Å²) in [5.74, 6) is 0.210. The number of rotatable bonds is 9. The molecule has 0 bridgehead atoms. The first-order valence-corrected chi connectivity index (χ1v) is 9.75. The van der Waals surface area contributed by atoms with Gasteiger partial charge in [-0.25, -0.2) is 0 Å². The summed E-state index contributed by atoms with van der Waals surface area (Å²) < 4.78 is 18.4. The van der Waals surface area contributed by atoms with Crippen molar-refractivity contribution in [1.82, 2.24) is 0 Å². The second-order valence-corrected chi connectivity index (χ2v) is 8.12. The monoisotopic (exact) mass is 362 g/mol. The van der Waals surface area contributed by atoms with Gasteiger partial charge in [0.05, 0.1) is 25.4 Å². The van der Waals surface area contributed by atoms with Crippen LogP contribution in [0.5, 0.6) is 0 Å². The fourth-order valence-electron chi connectivity index (χ4n) is 3.88. The SMILES string of the molecule is C[C@H]1[C@H]([C@@H](C)CCC=O)OC(C)(C)O[C@H]1[C@@H](C)COCc1ccccc1. The van der Waals surface area contributed by atoms with E-state index in [1.54, 1.807) is 0 Å². The number of ether oxygens (including phenoxy) is 3. The minimum atomic E-state index is -0.620. The lowest BCUT2D eigenvalue weighted by Crippen LogP contribution is -2.54. The van der Waals surface area contributed by atoms with Gasteiger partial charge in [-0.05, 0) is 31.7 Å². The zero-order chi connectivity index (χ0) is 19.2. The van der Waals surface area contributed by atoms with Gasteiger partial charge in [0.1, 0.15) is 6.29 Å². The molecule has 146 valence electrons. The molecule has 0 saturated carbocycles. The summed E-state index contributed by atoms with van der Waals surface area (Å²) in [5, 5.41) is 0. The summed E-state index contributed by atoms with van der Waals surface area (Å²) in [6.45, 7) is 11.8. The third-order valence-corrected chi connectivity index (χ3v) is 5.23. The Kier molecular flexibility index (Phi) is 7.81. The largest absolute Gasteiger partial charge is 0.376 e. The van der Waals surface area contributed by atoms with E-state index in [0.717, 1.165) is 12.7 Å². The number of benzene rings is 1. The van der Waals surface area contributed by atoms with E-state index in [-0.39, 0.29) is 24.0 Å². The Labute approximate surface area is 158 Å². The highest BCUT2D eigenvalue weighted by Gasteiger charge is 2.44. The molecule has 2 rings (SSSR count). The number of hydrogen-bond donors (Lipinski definition) is 0. The Hall–Kier alpha value is -1.23. The van der Waals surface area contributed by atoms with E-state index in [1.807, 2.05) is 32.0 Å². The highest BCUT2D eigenvalue weighted by molar-refractivity contribution is 5.49. The molecule has 0 aliphatic carbocycles. The van der Waals surface area contributed by atoms with Crippen LogP contribution in [-0.4, -0.2) is 30.9 Å². The summed E-state index contributed by atoms with van der Waals surface area (Å²) >= 11 is 0. The van der Waals surface area contributed by atoms with Gasteiger partial charge in [0.15, 0.2) is 5.79 Å². The van der Waals surface area contributed by atoms with Gasteiger partial charge in [-0.2, -0.15) is 0 Å². The van der Waals surface area contributed by atoms with E-state index in [4.69, 9.17) is 14.2 Å². The second-order valence-electron chi connectivity index (χ2n) is 8.12. The molecule has 1 aromatic carbocycles. The zero-order valence-electron chi connectivity index (χ0n) is 16.8. The van der Waals surface area contributed by atoms with Crippen LogP contribution in [-0.2, 0) is 25.6 Å². The Morgan fingerprint density at radius 2 is 1.73 bits per heavy atom. The molecule has 1 aliphatic heterocycles. The smallest absolute Gasteiger partial charge is 0.163 e. The first-order valence-electron chi connectivity index (χ1n) is 9.75.